The molecule has 7 nitrogen and oxygen atoms in total. The Labute approximate surface area is 179 Å². The first-order valence-electron chi connectivity index (χ1n) is 9.14. The van der Waals surface area contributed by atoms with Crippen molar-refractivity contribution in [1.82, 2.24) is 24.9 Å². The van der Waals surface area contributed by atoms with Gasteiger partial charge in [-0.25, -0.2) is 4.98 Å². The zero-order valence-electron chi connectivity index (χ0n) is 15.4. The molecule has 5 rings (SSSR count). The summed E-state index contributed by atoms with van der Waals surface area (Å²) in [7, 11) is 0. The van der Waals surface area contributed by atoms with Gasteiger partial charge in [0.2, 0.25) is 11.7 Å². The van der Waals surface area contributed by atoms with Crippen LogP contribution in [0.4, 0.5) is 0 Å². The highest BCUT2D eigenvalue weighted by Crippen LogP contribution is 2.28. The summed E-state index contributed by atoms with van der Waals surface area (Å²) in [4.78, 5) is 28.0. The van der Waals surface area contributed by atoms with Crippen LogP contribution in [0.1, 0.15) is 16.4 Å². The summed E-state index contributed by atoms with van der Waals surface area (Å²) in [6.07, 6.45) is 0. The minimum absolute atomic E-state index is 0.00137. The number of piperazine rings is 1. The molecule has 0 aromatic carbocycles. The van der Waals surface area contributed by atoms with Crippen LogP contribution in [0.25, 0.3) is 20.6 Å². The second kappa shape index (κ2) is 8.15. The van der Waals surface area contributed by atoms with Crippen LogP contribution in [0.15, 0.2) is 44.9 Å². The van der Waals surface area contributed by atoms with Gasteiger partial charge in [-0.15, -0.1) is 34.0 Å². The third-order valence-corrected chi connectivity index (χ3v) is 7.43. The van der Waals surface area contributed by atoms with Crippen molar-refractivity contribution in [2.75, 3.05) is 26.2 Å². The van der Waals surface area contributed by atoms with Crippen LogP contribution in [0.2, 0.25) is 0 Å². The van der Waals surface area contributed by atoms with E-state index in [-0.39, 0.29) is 5.91 Å². The van der Waals surface area contributed by atoms with Crippen molar-refractivity contribution in [3.8, 4) is 20.6 Å². The number of nitrogens with zero attached hydrogens (tertiary/aromatic N) is 5. The Morgan fingerprint density at radius 3 is 2.48 bits per heavy atom. The maximum atomic E-state index is 12.8. The number of carbonyl (C=O) groups is 1. The standard InChI is InChI=1S/C19H17N5O2S3/c25-19(13-12-29-18(20-13)15-4-2-10-28-15)24-7-5-23(6-8-24)11-16-21-17(22-26-16)14-3-1-9-27-14/h1-4,9-10,12H,5-8,11H2. The highest BCUT2D eigenvalue weighted by atomic mass is 32.1. The highest BCUT2D eigenvalue weighted by molar-refractivity contribution is 7.20. The van der Waals surface area contributed by atoms with E-state index in [4.69, 9.17) is 4.52 Å². The number of carbonyl (C=O) groups excluding carboxylic acids is 1. The molecule has 1 saturated heterocycles. The van der Waals surface area contributed by atoms with E-state index in [0.29, 0.717) is 37.0 Å². The molecule has 0 radical (unpaired) electrons. The van der Waals surface area contributed by atoms with Gasteiger partial charge in [-0.3, -0.25) is 9.69 Å². The van der Waals surface area contributed by atoms with Gasteiger partial charge < -0.3 is 9.42 Å². The lowest BCUT2D eigenvalue weighted by molar-refractivity contribution is 0.0610. The molecular formula is C19H17N5O2S3. The molecule has 10 heteroatoms. The van der Waals surface area contributed by atoms with E-state index in [1.165, 1.54) is 11.3 Å². The minimum Gasteiger partial charge on any atom is -0.338 e. The average Bonchev–Trinajstić information content (AvgIpc) is 3.55. The van der Waals surface area contributed by atoms with Crippen LogP contribution in [0.5, 0.6) is 0 Å². The van der Waals surface area contributed by atoms with Gasteiger partial charge in [-0.1, -0.05) is 17.3 Å². The number of thiazole rings is 1. The molecule has 5 heterocycles. The summed E-state index contributed by atoms with van der Waals surface area (Å²) in [5.74, 6) is 1.24. The van der Waals surface area contributed by atoms with Crippen LogP contribution in [-0.4, -0.2) is 57.0 Å². The summed E-state index contributed by atoms with van der Waals surface area (Å²) in [6.45, 7) is 3.46. The van der Waals surface area contributed by atoms with Crippen LogP contribution >= 0.6 is 34.0 Å². The van der Waals surface area contributed by atoms with E-state index in [0.717, 1.165) is 27.9 Å². The van der Waals surface area contributed by atoms with Crippen LogP contribution in [-0.2, 0) is 6.54 Å². The lowest BCUT2D eigenvalue weighted by Gasteiger charge is -2.33. The van der Waals surface area contributed by atoms with Crippen LogP contribution < -0.4 is 0 Å². The van der Waals surface area contributed by atoms with Crippen molar-refractivity contribution in [1.29, 1.82) is 0 Å². The number of rotatable bonds is 5. The number of aromatic nitrogens is 3. The number of hydrogen-bond acceptors (Lipinski definition) is 9. The zero-order valence-corrected chi connectivity index (χ0v) is 17.8. The molecule has 0 N–H and O–H groups in total. The fraction of sp³-hybridized carbons (Fsp3) is 0.263. The Hall–Kier alpha value is -2.40. The van der Waals surface area contributed by atoms with Gasteiger partial charge in [0.05, 0.1) is 16.3 Å². The minimum atomic E-state index is 0.00137. The van der Waals surface area contributed by atoms with E-state index in [1.54, 1.807) is 22.7 Å². The normalized spacial score (nSPS) is 15.1. The van der Waals surface area contributed by atoms with Gasteiger partial charge >= 0.3 is 0 Å². The molecule has 4 aromatic rings. The molecule has 1 fully saturated rings. The van der Waals surface area contributed by atoms with Crippen molar-refractivity contribution >= 4 is 39.9 Å². The number of thiophene rings is 2. The first kappa shape index (κ1) is 18.6. The molecule has 148 valence electrons. The maximum Gasteiger partial charge on any atom is 0.273 e. The lowest BCUT2D eigenvalue weighted by Crippen LogP contribution is -2.48. The van der Waals surface area contributed by atoms with Crippen molar-refractivity contribution < 1.29 is 9.32 Å². The molecule has 0 aliphatic carbocycles. The SMILES string of the molecule is O=C(c1csc(-c2cccs2)n1)N1CCN(Cc2nc(-c3cccs3)no2)CC1. The molecular weight excluding hydrogens is 426 g/mol. The predicted molar refractivity (Wildman–Crippen MR) is 114 cm³/mol. The van der Waals surface area contributed by atoms with E-state index < -0.39 is 0 Å². The third kappa shape index (κ3) is 4.01. The van der Waals surface area contributed by atoms with Crippen LogP contribution in [0.3, 0.4) is 0 Å². The molecule has 0 spiro atoms. The maximum absolute atomic E-state index is 12.8. The summed E-state index contributed by atoms with van der Waals surface area (Å²) in [6, 6.07) is 7.97. The molecule has 0 saturated carbocycles. The molecule has 1 aliphatic heterocycles. The van der Waals surface area contributed by atoms with Gasteiger partial charge in [-0.05, 0) is 22.9 Å². The van der Waals surface area contributed by atoms with Gasteiger partial charge in [0.1, 0.15) is 10.7 Å². The summed E-state index contributed by atoms with van der Waals surface area (Å²) >= 11 is 4.74. The first-order valence-corrected chi connectivity index (χ1v) is 11.8. The van der Waals surface area contributed by atoms with Gasteiger partial charge in [0, 0.05) is 31.6 Å². The smallest absolute Gasteiger partial charge is 0.273 e. The number of amides is 1. The second-order valence-corrected chi connectivity index (χ2v) is 9.33. The van der Waals surface area contributed by atoms with E-state index in [2.05, 4.69) is 20.0 Å². The summed E-state index contributed by atoms with van der Waals surface area (Å²) < 4.78 is 5.39. The van der Waals surface area contributed by atoms with Crippen molar-refractivity contribution in [3.05, 3.63) is 52.0 Å². The molecule has 0 atom stereocenters. The molecule has 0 unspecified atom stereocenters. The second-order valence-electron chi connectivity index (χ2n) is 6.57. The van der Waals surface area contributed by atoms with Gasteiger partial charge in [0.25, 0.3) is 5.91 Å². The van der Waals surface area contributed by atoms with Crippen molar-refractivity contribution in [3.63, 3.8) is 0 Å². The predicted octanol–water partition coefficient (Wildman–Crippen LogP) is 3.94. The topological polar surface area (TPSA) is 75.4 Å². The summed E-state index contributed by atoms with van der Waals surface area (Å²) in [5.41, 5.74) is 0.532. The quantitative estimate of drug-likeness (QED) is 0.465. The molecule has 1 aliphatic rings. The van der Waals surface area contributed by atoms with E-state index >= 15 is 0 Å². The van der Waals surface area contributed by atoms with E-state index in [9.17, 15) is 4.79 Å². The van der Waals surface area contributed by atoms with Gasteiger partial charge in [0.15, 0.2) is 0 Å². The van der Waals surface area contributed by atoms with E-state index in [1.807, 2.05) is 45.3 Å². The largest absolute Gasteiger partial charge is 0.338 e. The fourth-order valence-corrected chi connectivity index (χ4v) is 5.43. The Kier molecular flexibility index (Phi) is 5.23. The fourth-order valence-electron chi connectivity index (χ4n) is 3.17. The number of hydrogen-bond donors (Lipinski definition) is 0. The first-order chi connectivity index (χ1) is 14.3. The van der Waals surface area contributed by atoms with Crippen molar-refractivity contribution in [2.24, 2.45) is 0 Å². The third-order valence-electron chi connectivity index (χ3n) is 4.68. The Balaban J connectivity index is 1.17. The Morgan fingerprint density at radius 1 is 1.00 bits per heavy atom. The monoisotopic (exact) mass is 443 g/mol. The van der Waals surface area contributed by atoms with Crippen LogP contribution in [0, 0.1) is 0 Å². The highest BCUT2D eigenvalue weighted by Gasteiger charge is 2.25. The molecule has 4 aromatic heterocycles. The molecule has 29 heavy (non-hydrogen) atoms. The lowest BCUT2D eigenvalue weighted by atomic mass is 10.3. The van der Waals surface area contributed by atoms with Gasteiger partial charge in [-0.2, -0.15) is 4.98 Å². The summed E-state index contributed by atoms with van der Waals surface area (Å²) in [5, 5.41) is 10.8. The Morgan fingerprint density at radius 2 is 1.76 bits per heavy atom. The zero-order chi connectivity index (χ0) is 19.6. The van der Waals surface area contributed by atoms with Crippen molar-refractivity contribution in [2.45, 2.75) is 6.54 Å². The molecule has 1 amide bonds. The molecule has 0 bridgehead atoms. The average molecular weight is 444 g/mol. The Bertz CT molecular complexity index is 1080.